The fourth-order valence-electron chi connectivity index (χ4n) is 4.46. The summed E-state index contributed by atoms with van der Waals surface area (Å²) in [6.07, 6.45) is 5.42. The number of imidazole rings is 1. The number of aromatic nitrogens is 5. The van der Waals surface area contributed by atoms with E-state index in [0.29, 0.717) is 0 Å². The lowest BCUT2D eigenvalue weighted by atomic mass is 10.0. The predicted octanol–water partition coefficient (Wildman–Crippen LogP) is 3.72. The van der Waals surface area contributed by atoms with Gasteiger partial charge in [0, 0.05) is 60.8 Å². The minimum Gasteiger partial charge on any atom is -0.369 e. The number of nitrogens with one attached hydrogen (secondary N) is 1. The van der Waals surface area contributed by atoms with Crippen LogP contribution in [-0.2, 0) is 0 Å². The highest BCUT2D eigenvalue weighted by atomic mass is 15.3. The molecular formula is C25H23N7. The van der Waals surface area contributed by atoms with E-state index in [1.54, 1.807) is 12.4 Å². The van der Waals surface area contributed by atoms with Gasteiger partial charge in [-0.1, -0.05) is 12.1 Å². The van der Waals surface area contributed by atoms with Gasteiger partial charge in [-0.05, 0) is 48.9 Å². The first-order chi connectivity index (χ1) is 15.8. The van der Waals surface area contributed by atoms with E-state index in [0.717, 1.165) is 70.9 Å². The number of pyridine rings is 2. The number of anilines is 1. The summed E-state index contributed by atoms with van der Waals surface area (Å²) in [5.41, 5.74) is 7.98. The summed E-state index contributed by atoms with van der Waals surface area (Å²) in [7, 11) is 0. The third kappa shape index (κ3) is 3.18. The van der Waals surface area contributed by atoms with E-state index in [1.165, 1.54) is 5.69 Å². The second-order valence-electron chi connectivity index (χ2n) is 8.07. The van der Waals surface area contributed by atoms with E-state index in [4.69, 9.17) is 5.10 Å². The van der Waals surface area contributed by atoms with Crippen molar-refractivity contribution in [2.24, 2.45) is 0 Å². The summed E-state index contributed by atoms with van der Waals surface area (Å²) in [5, 5.41) is 9.30. The van der Waals surface area contributed by atoms with Crippen LogP contribution in [0.1, 0.15) is 5.69 Å². The van der Waals surface area contributed by atoms with Gasteiger partial charge in [-0.2, -0.15) is 5.10 Å². The first-order valence-electron chi connectivity index (χ1n) is 10.9. The number of rotatable bonds is 3. The lowest BCUT2D eigenvalue weighted by Crippen LogP contribution is -2.43. The molecule has 0 aliphatic carbocycles. The average Bonchev–Trinajstić information content (AvgIpc) is 3.26. The highest BCUT2D eigenvalue weighted by molar-refractivity contribution is 5.91. The Labute approximate surface area is 185 Å². The van der Waals surface area contributed by atoms with Crippen LogP contribution in [0.25, 0.3) is 39.1 Å². The Morgan fingerprint density at radius 3 is 2.53 bits per heavy atom. The Kier molecular flexibility index (Phi) is 4.54. The third-order valence-corrected chi connectivity index (χ3v) is 6.13. The number of hydrogen-bond acceptors (Lipinski definition) is 6. The van der Waals surface area contributed by atoms with Crippen molar-refractivity contribution in [1.29, 1.82) is 0 Å². The van der Waals surface area contributed by atoms with Crippen molar-refractivity contribution in [3.63, 3.8) is 0 Å². The molecule has 1 aliphatic rings. The molecule has 0 atom stereocenters. The predicted molar refractivity (Wildman–Crippen MR) is 127 cm³/mol. The summed E-state index contributed by atoms with van der Waals surface area (Å²) >= 11 is 0. The van der Waals surface area contributed by atoms with Crippen molar-refractivity contribution in [2.75, 3.05) is 31.1 Å². The summed E-state index contributed by atoms with van der Waals surface area (Å²) < 4.78 is 1.91. The molecule has 0 spiro atoms. The molecule has 1 fully saturated rings. The average molecular weight is 422 g/mol. The second kappa shape index (κ2) is 7.69. The Bertz CT molecular complexity index is 1410. The smallest absolute Gasteiger partial charge is 0.159 e. The summed E-state index contributed by atoms with van der Waals surface area (Å²) in [4.78, 5) is 15.8. The van der Waals surface area contributed by atoms with E-state index in [2.05, 4.69) is 62.4 Å². The number of hydrogen-bond donors (Lipinski definition) is 1. The van der Waals surface area contributed by atoms with Gasteiger partial charge in [0.2, 0.25) is 0 Å². The molecular weight excluding hydrogens is 398 g/mol. The van der Waals surface area contributed by atoms with Gasteiger partial charge in [0.1, 0.15) is 0 Å². The molecule has 6 rings (SSSR count). The quantitative estimate of drug-likeness (QED) is 0.479. The normalized spacial score (nSPS) is 14.3. The van der Waals surface area contributed by atoms with E-state index in [9.17, 15) is 0 Å². The van der Waals surface area contributed by atoms with Crippen LogP contribution in [0.3, 0.4) is 0 Å². The number of fused-ring (bicyclic) bond motifs is 2. The van der Waals surface area contributed by atoms with E-state index in [-0.39, 0.29) is 0 Å². The molecule has 0 unspecified atom stereocenters. The summed E-state index contributed by atoms with van der Waals surface area (Å²) in [6, 6.07) is 16.9. The molecule has 1 aliphatic heterocycles. The maximum absolute atomic E-state index is 4.90. The number of piperazine rings is 1. The van der Waals surface area contributed by atoms with Crippen molar-refractivity contribution in [3.05, 3.63) is 72.8 Å². The Morgan fingerprint density at radius 2 is 1.69 bits per heavy atom. The fraction of sp³-hybridized carbons (Fsp3) is 0.200. The third-order valence-electron chi connectivity index (χ3n) is 6.13. The van der Waals surface area contributed by atoms with E-state index < -0.39 is 0 Å². The highest BCUT2D eigenvalue weighted by Gasteiger charge is 2.15. The Balaban J connectivity index is 1.40. The van der Waals surface area contributed by atoms with Gasteiger partial charge >= 0.3 is 0 Å². The molecule has 7 heteroatoms. The molecule has 0 saturated carbocycles. The van der Waals surface area contributed by atoms with Crippen LogP contribution in [0, 0.1) is 6.92 Å². The molecule has 5 aromatic rings. The van der Waals surface area contributed by atoms with Crippen molar-refractivity contribution in [1.82, 2.24) is 29.9 Å². The van der Waals surface area contributed by atoms with Gasteiger partial charge in [0.15, 0.2) is 11.3 Å². The molecule has 0 amide bonds. The molecule has 0 radical (unpaired) electrons. The van der Waals surface area contributed by atoms with Crippen LogP contribution in [0.15, 0.2) is 67.1 Å². The second-order valence-corrected chi connectivity index (χ2v) is 8.07. The SMILES string of the molecule is Cc1nn2c(-c3ccnc4ncccc34)cnc2cc1-c1ccc(N2CCNCC2)cc1. The van der Waals surface area contributed by atoms with Gasteiger partial charge in [-0.15, -0.1) is 0 Å². The largest absolute Gasteiger partial charge is 0.369 e. The standard InChI is InChI=1S/C25H23N7/c1-17-22(18-4-6-19(7-5-18)31-13-11-26-12-14-31)15-24-29-16-23(32(24)30-17)20-8-10-28-25-21(20)3-2-9-27-25/h2-10,15-16,26H,11-14H2,1H3. The zero-order valence-electron chi connectivity index (χ0n) is 17.9. The van der Waals surface area contributed by atoms with Crippen LogP contribution in [0.2, 0.25) is 0 Å². The minimum absolute atomic E-state index is 0.720. The Morgan fingerprint density at radius 1 is 0.875 bits per heavy atom. The molecule has 1 N–H and O–H groups in total. The van der Waals surface area contributed by atoms with Gasteiger partial charge in [-0.3, -0.25) is 0 Å². The van der Waals surface area contributed by atoms with Crippen molar-refractivity contribution < 1.29 is 0 Å². The Hall–Kier alpha value is -3.84. The zero-order chi connectivity index (χ0) is 21.5. The van der Waals surface area contributed by atoms with Crippen molar-refractivity contribution >= 4 is 22.4 Å². The molecule has 4 aromatic heterocycles. The van der Waals surface area contributed by atoms with Crippen LogP contribution >= 0.6 is 0 Å². The molecule has 158 valence electrons. The van der Waals surface area contributed by atoms with Crippen LogP contribution < -0.4 is 10.2 Å². The lowest BCUT2D eigenvalue weighted by molar-refractivity contribution is 0.589. The van der Waals surface area contributed by atoms with Gasteiger partial charge < -0.3 is 10.2 Å². The molecule has 1 aromatic carbocycles. The van der Waals surface area contributed by atoms with Crippen LogP contribution in [0.5, 0.6) is 0 Å². The maximum Gasteiger partial charge on any atom is 0.159 e. The number of nitrogens with zero attached hydrogens (tertiary/aromatic N) is 6. The van der Waals surface area contributed by atoms with Gasteiger partial charge in [0.25, 0.3) is 0 Å². The van der Waals surface area contributed by atoms with E-state index in [1.807, 2.05) is 28.9 Å². The molecule has 1 saturated heterocycles. The number of benzene rings is 1. The highest BCUT2D eigenvalue weighted by Crippen LogP contribution is 2.30. The van der Waals surface area contributed by atoms with E-state index >= 15 is 0 Å². The summed E-state index contributed by atoms with van der Waals surface area (Å²) in [5.74, 6) is 0. The topological polar surface area (TPSA) is 71.2 Å². The van der Waals surface area contributed by atoms with Gasteiger partial charge in [-0.25, -0.2) is 19.5 Å². The first kappa shape index (κ1) is 18.9. The maximum atomic E-state index is 4.90. The summed E-state index contributed by atoms with van der Waals surface area (Å²) in [6.45, 7) is 6.21. The van der Waals surface area contributed by atoms with Crippen molar-refractivity contribution in [3.8, 4) is 22.4 Å². The van der Waals surface area contributed by atoms with Crippen LogP contribution in [-0.4, -0.2) is 50.7 Å². The van der Waals surface area contributed by atoms with Gasteiger partial charge in [0.05, 0.1) is 17.6 Å². The molecule has 32 heavy (non-hydrogen) atoms. The molecule has 0 bridgehead atoms. The van der Waals surface area contributed by atoms with Crippen LogP contribution in [0.4, 0.5) is 5.69 Å². The monoisotopic (exact) mass is 421 g/mol. The first-order valence-corrected chi connectivity index (χ1v) is 10.9. The minimum atomic E-state index is 0.720. The fourth-order valence-corrected chi connectivity index (χ4v) is 4.46. The zero-order valence-corrected chi connectivity index (χ0v) is 17.9. The molecule has 7 nitrogen and oxygen atoms in total. The van der Waals surface area contributed by atoms with Crippen molar-refractivity contribution in [2.45, 2.75) is 6.92 Å². The lowest BCUT2D eigenvalue weighted by Gasteiger charge is -2.29. The number of aryl methyl sites for hydroxylation is 1. The molecule has 5 heterocycles.